The first-order valence-corrected chi connectivity index (χ1v) is 10.2. The van der Waals surface area contributed by atoms with Crippen molar-refractivity contribution in [2.75, 3.05) is 11.9 Å². The van der Waals surface area contributed by atoms with Crippen LogP contribution in [0.2, 0.25) is 0 Å². The zero-order valence-corrected chi connectivity index (χ0v) is 17.7. The lowest BCUT2D eigenvalue weighted by Gasteiger charge is -2.24. The van der Waals surface area contributed by atoms with E-state index >= 15 is 0 Å². The predicted octanol–water partition coefficient (Wildman–Crippen LogP) is 5.78. The minimum atomic E-state index is 0.182. The molecule has 0 fully saturated rings. The summed E-state index contributed by atoms with van der Waals surface area (Å²) in [6.45, 7) is 0. The first kappa shape index (κ1) is 19.3. The molecule has 144 valence electrons. The molecular formula is C24H21BrN4. The van der Waals surface area contributed by atoms with E-state index in [2.05, 4.69) is 72.2 Å². The number of pyridine rings is 3. The van der Waals surface area contributed by atoms with Gasteiger partial charge >= 0.3 is 0 Å². The van der Waals surface area contributed by atoms with Gasteiger partial charge in [-0.05, 0) is 59.5 Å². The van der Waals surface area contributed by atoms with Gasteiger partial charge in [-0.25, -0.2) is 4.98 Å². The van der Waals surface area contributed by atoms with Gasteiger partial charge in [0.05, 0.1) is 11.9 Å². The van der Waals surface area contributed by atoms with E-state index in [1.165, 1.54) is 16.7 Å². The molecule has 1 atom stereocenters. The first-order valence-electron chi connectivity index (χ1n) is 9.45. The number of nitrogens with zero attached hydrogens (tertiary/aromatic N) is 4. The van der Waals surface area contributed by atoms with Gasteiger partial charge in [0.2, 0.25) is 0 Å². The van der Waals surface area contributed by atoms with Crippen molar-refractivity contribution in [2.45, 2.75) is 12.3 Å². The Morgan fingerprint density at radius 1 is 0.828 bits per heavy atom. The quantitative estimate of drug-likeness (QED) is 0.378. The third kappa shape index (κ3) is 4.51. The number of anilines is 2. The zero-order chi connectivity index (χ0) is 20.1. The Labute approximate surface area is 179 Å². The predicted molar refractivity (Wildman–Crippen MR) is 120 cm³/mol. The molecule has 0 amide bonds. The summed E-state index contributed by atoms with van der Waals surface area (Å²) in [6, 6.07) is 20.8. The van der Waals surface area contributed by atoms with E-state index in [4.69, 9.17) is 0 Å². The molecule has 0 N–H and O–H groups in total. The van der Waals surface area contributed by atoms with Gasteiger partial charge in [0.25, 0.3) is 0 Å². The fourth-order valence-corrected chi connectivity index (χ4v) is 3.76. The number of benzene rings is 1. The molecule has 4 aromatic rings. The second kappa shape index (κ2) is 8.97. The Bertz CT molecular complexity index is 1050. The van der Waals surface area contributed by atoms with E-state index in [9.17, 15) is 0 Å². The van der Waals surface area contributed by atoms with Crippen LogP contribution < -0.4 is 4.90 Å². The summed E-state index contributed by atoms with van der Waals surface area (Å²) in [5.74, 6) is 1.12. The normalized spacial score (nSPS) is 11.8. The molecule has 0 radical (unpaired) electrons. The molecule has 4 rings (SSSR count). The maximum absolute atomic E-state index is 4.68. The van der Waals surface area contributed by atoms with Crippen LogP contribution in [0.25, 0.3) is 0 Å². The summed E-state index contributed by atoms with van der Waals surface area (Å²) in [7, 11) is 2.03. The van der Waals surface area contributed by atoms with Crippen LogP contribution in [0.4, 0.5) is 11.5 Å². The monoisotopic (exact) mass is 444 g/mol. The molecular weight excluding hydrogens is 424 g/mol. The van der Waals surface area contributed by atoms with E-state index in [0.29, 0.717) is 0 Å². The van der Waals surface area contributed by atoms with Crippen molar-refractivity contribution in [1.29, 1.82) is 0 Å². The molecule has 0 bridgehead atoms. The van der Waals surface area contributed by atoms with Crippen molar-refractivity contribution in [2.24, 2.45) is 0 Å². The summed E-state index contributed by atoms with van der Waals surface area (Å²) in [4.78, 5) is 15.4. The van der Waals surface area contributed by atoms with Crippen molar-refractivity contribution in [1.82, 2.24) is 15.0 Å². The van der Waals surface area contributed by atoms with Crippen LogP contribution in [0.3, 0.4) is 0 Å². The van der Waals surface area contributed by atoms with Crippen molar-refractivity contribution in [3.05, 3.63) is 113 Å². The minimum Gasteiger partial charge on any atom is -0.328 e. The van der Waals surface area contributed by atoms with Gasteiger partial charge in [0.1, 0.15) is 5.82 Å². The topological polar surface area (TPSA) is 41.9 Å². The smallest absolute Gasteiger partial charge is 0.135 e. The molecule has 0 aliphatic rings. The summed E-state index contributed by atoms with van der Waals surface area (Å²) in [5.41, 5.74) is 4.62. The van der Waals surface area contributed by atoms with E-state index in [-0.39, 0.29) is 5.92 Å². The molecule has 3 aromatic heterocycles. The van der Waals surface area contributed by atoms with Crippen LogP contribution in [0.15, 0.2) is 96.1 Å². The fourth-order valence-electron chi connectivity index (χ4n) is 3.49. The summed E-state index contributed by atoms with van der Waals surface area (Å²) < 4.78 is 1.07. The van der Waals surface area contributed by atoms with Gasteiger partial charge in [-0.2, -0.15) is 0 Å². The highest BCUT2D eigenvalue weighted by atomic mass is 79.9. The summed E-state index contributed by atoms with van der Waals surface area (Å²) >= 11 is 3.54. The number of hydrogen-bond donors (Lipinski definition) is 0. The second-order valence-electron chi connectivity index (χ2n) is 6.85. The summed E-state index contributed by atoms with van der Waals surface area (Å²) in [5, 5.41) is 0. The third-order valence-corrected chi connectivity index (χ3v) is 5.53. The maximum Gasteiger partial charge on any atom is 0.135 e. The Morgan fingerprint density at radius 3 is 2.24 bits per heavy atom. The molecule has 3 heterocycles. The Morgan fingerprint density at radius 2 is 1.55 bits per heavy atom. The SMILES string of the molecule is CN(c1cccnc1)c1ncccc1CC(c1ccc(Br)cc1)c1cccnc1. The highest BCUT2D eigenvalue weighted by Gasteiger charge is 2.19. The Balaban J connectivity index is 1.73. The Hall–Kier alpha value is -3.05. The lowest BCUT2D eigenvalue weighted by Crippen LogP contribution is -2.15. The minimum absolute atomic E-state index is 0.182. The first-order chi connectivity index (χ1) is 14.2. The molecule has 0 saturated heterocycles. The second-order valence-corrected chi connectivity index (χ2v) is 7.77. The molecule has 0 aliphatic carbocycles. The molecule has 29 heavy (non-hydrogen) atoms. The van der Waals surface area contributed by atoms with Gasteiger partial charge in [-0.15, -0.1) is 0 Å². The van der Waals surface area contributed by atoms with Gasteiger partial charge in [-0.3, -0.25) is 9.97 Å². The lowest BCUT2D eigenvalue weighted by molar-refractivity contribution is 0.794. The highest BCUT2D eigenvalue weighted by molar-refractivity contribution is 9.10. The number of halogens is 1. The van der Waals surface area contributed by atoms with Crippen LogP contribution in [0, 0.1) is 0 Å². The molecule has 1 unspecified atom stereocenters. The third-order valence-electron chi connectivity index (χ3n) is 5.00. The lowest BCUT2D eigenvalue weighted by atomic mass is 9.87. The molecule has 1 aromatic carbocycles. The van der Waals surface area contributed by atoms with Crippen LogP contribution >= 0.6 is 15.9 Å². The van der Waals surface area contributed by atoms with Crippen LogP contribution in [0.1, 0.15) is 22.6 Å². The standard InChI is InChI=1S/C24H21BrN4/c1-29(22-7-4-13-27-17-22)24-19(5-3-14-28-24)15-23(20-6-2-12-26-16-20)18-8-10-21(25)11-9-18/h2-14,16-17,23H,15H2,1H3. The van der Waals surface area contributed by atoms with Crippen LogP contribution in [-0.4, -0.2) is 22.0 Å². The number of aromatic nitrogens is 3. The molecule has 0 spiro atoms. The van der Waals surface area contributed by atoms with E-state index in [1.807, 2.05) is 56.1 Å². The Kier molecular flexibility index (Phi) is 5.96. The van der Waals surface area contributed by atoms with E-state index < -0.39 is 0 Å². The van der Waals surface area contributed by atoms with Gasteiger partial charge in [-0.1, -0.05) is 40.2 Å². The van der Waals surface area contributed by atoms with Gasteiger partial charge < -0.3 is 4.90 Å². The molecule has 4 nitrogen and oxygen atoms in total. The van der Waals surface area contributed by atoms with Crippen molar-refractivity contribution < 1.29 is 0 Å². The molecule has 0 aliphatic heterocycles. The number of rotatable bonds is 6. The number of hydrogen-bond acceptors (Lipinski definition) is 4. The average Bonchev–Trinajstić information content (AvgIpc) is 2.79. The molecule has 0 saturated carbocycles. The van der Waals surface area contributed by atoms with Crippen LogP contribution in [-0.2, 0) is 6.42 Å². The van der Waals surface area contributed by atoms with E-state index in [0.717, 1.165) is 22.4 Å². The van der Waals surface area contributed by atoms with Crippen molar-refractivity contribution in [3.8, 4) is 0 Å². The largest absolute Gasteiger partial charge is 0.328 e. The summed E-state index contributed by atoms with van der Waals surface area (Å²) in [6.07, 6.45) is 10.1. The van der Waals surface area contributed by atoms with Crippen LogP contribution in [0.5, 0.6) is 0 Å². The van der Waals surface area contributed by atoms with E-state index in [1.54, 1.807) is 6.20 Å². The maximum atomic E-state index is 4.68. The highest BCUT2D eigenvalue weighted by Crippen LogP contribution is 2.33. The van der Waals surface area contributed by atoms with Gasteiger partial charge in [0, 0.05) is 42.2 Å². The molecule has 5 heteroatoms. The fraction of sp³-hybridized carbons (Fsp3) is 0.125. The van der Waals surface area contributed by atoms with Crippen molar-refractivity contribution >= 4 is 27.4 Å². The van der Waals surface area contributed by atoms with Gasteiger partial charge in [0.15, 0.2) is 0 Å². The average molecular weight is 445 g/mol. The van der Waals surface area contributed by atoms with Crippen molar-refractivity contribution in [3.63, 3.8) is 0 Å². The zero-order valence-electron chi connectivity index (χ0n) is 16.1.